The molecule has 1 aromatic heterocycles. The highest BCUT2D eigenvalue weighted by atomic mass is 35.5. The van der Waals surface area contributed by atoms with Crippen LogP contribution >= 0.6 is 23.2 Å². The normalized spacial score (nSPS) is 14.9. The smallest absolute Gasteiger partial charge is 0.137 e. The molecule has 2 aromatic rings. The van der Waals surface area contributed by atoms with Crippen LogP contribution in [-0.4, -0.2) is 26.4 Å². The van der Waals surface area contributed by atoms with Crippen molar-refractivity contribution in [3.63, 3.8) is 0 Å². The number of halogens is 2. The summed E-state index contributed by atoms with van der Waals surface area (Å²) in [7, 11) is 0. The Morgan fingerprint density at radius 1 is 1.50 bits per heavy atom. The maximum atomic E-state index is 11.2. The topological polar surface area (TPSA) is 99.7 Å². The lowest BCUT2D eigenvalue weighted by Gasteiger charge is -2.34. The number of aromatic nitrogens is 3. The van der Waals surface area contributed by atoms with Crippen LogP contribution in [0.2, 0.25) is 10.0 Å². The molecule has 0 aliphatic heterocycles. The van der Waals surface area contributed by atoms with Gasteiger partial charge >= 0.3 is 0 Å². The quantitative estimate of drug-likeness (QED) is 0.495. The minimum absolute atomic E-state index is 0.112. The largest absolute Gasteiger partial charge is 0.383 e. The van der Waals surface area contributed by atoms with Gasteiger partial charge in [0.1, 0.15) is 18.3 Å². The Hall–Kier alpha value is -1.79. The second-order valence-corrected chi connectivity index (χ2v) is 5.80. The Morgan fingerprint density at radius 2 is 2.27 bits per heavy atom. The van der Waals surface area contributed by atoms with E-state index < -0.39 is 11.5 Å². The summed E-state index contributed by atoms with van der Waals surface area (Å²) in [6.45, 7) is 2.01. The van der Waals surface area contributed by atoms with Gasteiger partial charge in [-0.05, 0) is 23.6 Å². The molecule has 1 heterocycles. The van der Waals surface area contributed by atoms with Gasteiger partial charge in [0.05, 0.1) is 6.54 Å². The molecule has 0 aliphatic rings. The van der Waals surface area contributed by atoms with Crippen LogP contribution < -0.4 is 0 Å². The zero-order valence-corrected chi connectivity index (χ0v) is 13.3. The molecular weight excluding hydrogens is 327 g/mol. The zero-order chi connectivity index (χ0) is 16.2. The molecule has 0 amide bonds. The van der Waals surface area contributed by atoms with E-state index in [9.17, 15) is 5.11 Å². The van der Waals surface area contributed by atoms with Gasteiger partial charge in [-0.25, -0.2) is 9.67 Å². The first-order chi connectivity index (χ1) is 10.5. The van der Waals surface area contributed by atoms with E-state index in [4.69, 9.17) is 28.7 Å². The highest BCUT2D eigenvalue weighted by Gasteiger charge is 2.38. The van der Waals surface area contributed by atoms with Crippen LogP contribution in [0.15, 0.2) is 36.0 Å². The molecule has 2 rings (SSSR count). The van der Waals surface area contributed by atoms with Crippen molar-refractivity contribution < 1.29 is 5.11 Å². The number of aliphatic hydroxyl groups is 1. The fourth-order valence-corrected chi connectivity index (χ4v) is 2.79. The van der Waals surface area contributed by atoms with E-state index in [1.54, 1.807) is 25.1 Å². The standard InChI is InChI=1S/C13H14Cl2N6O/c1-9(5-18-20-16)13(22,6-21-8-17-7-19-21)11-3-2-10(14)4-12(11)15/h2-4,7-9,22H,5-6H2,1H3. The third-order valence-electron chi connectivity index (χ3n) is 3.50. The van der Waals surface area contributed by atoms with E-state index in [0.717, 1.165) is 0 Å². The summed E-state index contributed by atoms with van der Waals surface area (Å²) in [5, 5.41) is 19.6. The summed E-state index contributed by atoms with van der Waals surface area (Å²) >= 11 is 12.2. The first kappa shape index (κ1) is 16.6. The molecule has 1 N–H and O–H groups in total. The lowest BCUT2D eigenvalue weighted by atomic mass is 9.82. The first-order valence-corrected chi connectivity index (χ1v) is 7.24. The van der Waals surface area contributed by atoms with Crippen LogP contribution in [0.3, 0.4) is 0 Å². The molecule has 0 saturated carbocycles. The molecule has 7 nitrogen and oxygen atoms in total. The average Bonchev–Trinajstić information content (AvgIpc) is 2.97. The lowest BCUT2D eigenvalue weighted by Crippen LogP contribution is -2.40. The van der Waals surface area contributed by atoms with Crippen molar-refractivity contribution in [2.45, 2.75) is 19.1 Å². The molecule has 1 aromatic carbocycles. The molecule has 2 atom stereocenters. The van der Waals surface area contributed by atoms with Gasteiger partial charge in [-0.15, -0.1) is 0 Å². The van der Waals surface area contributed by atoms with Gasteiger partial charge in [0.2, 0.25) is 0 Å². The van der Waals surface area contributed by atoms with Gasteiger partial charge in [-0.2, -0.15) is 5.10 Å². The summed E-state index contributed by atoms with van der Waals surface area (Å²) in [5.41, 5.74) is 7.61. The van der Waals surface area contributed by atoms with E-state index >= 15 is 0 Å². The van der Waals surface area contributed by atoms with E-state index in [2.05, 4.69) is 20.1 Å². The van der Waals surface area contributed by atoms with E-state index in [-0.39, 0.29) is 13.1 Å². The minimum atomic E-state index is -1.39. The molecule has 0 aliphatic carbocycles. The van der Waals surface area contributed by atoms with Crippen molar-refractivity contribution in [2.75, 3.05) is 6.54 Å². The monoisotopic (exact) mass is 340 g/mol. The summed E-state index contributed by atoms with van der Waals surface area (Å²) < 4.78 is 1.50. The molecule has 0 bridgehead atoms. The van der Waals surface area contributed by atoms with Crippen molar-refractivity contribution in [1.29, 1.82) is 0 Å². The SMILES string of the molecule is CC(CN=[N+]=[N-])C(O)(Cn1cncn1)c1ccc(Cl)cc1Cl. The van der Waals surface area contributed by atoms with Gasteiger partial charge < -0.3 is 5.11 Å². The predicted octanol–water partition coefficient (Wildman–Crippen LogP) is 3.42. The molecular formula is C13H14Cl2N6O. The fraction of sp³-hybridized carbons (Fsp3) is 0.385. The van der Waals surface area contributed by atoms with Gasteiger partial charge in [0.25, 0.3) is 0 Å². The van der Waals surface area contributed by atoms with Crippen molar-refractivity contribution in [3.05, 3.63) is 56.9 Å². The van der Waals surface area contributed by atoms with Crippen molar-refractivity contribution in [3.8, 4) is 0 Å². The maximum Gasteiger partial charge on any atom is 0.137 e. The molecule has 9 heteroatoms. The maximum absolute atomic E-state index is 11.2. The number of hydrogen-bond acceptors (Lipinski definition) is 4. The molecule has 2 unspecified atom stereocenters. The first-order valence-electron chi connectivity index (χ1n) is 6.48. The highest BCUT2D eigenvalue weighted by molar-refractivity contribution is 6.35. The van der Waals surface area contributed by atoms with Crippen LogP contribution in [0.25, 0.3) is 10.4 Å². The Kier molecular flexibility index (Phi) is 5.26. The van der Waals surface area contributed by atoms with Crippen LogP contribution in [0.1, 0.15) is 12.5 Å². The van der Waals surface area contributed by atoms with Gasteiger partial charge in [-0.1, -0.05) is 41.3 Å². The van der Waals surface area contributed by atoms with Crippen LogP contribution in [0, 0.1) is 5.92 Å². The lowest BCUT2D eigenvalue weighted by molar-refractivity contribution is -0.0326. The van der Waals surface area contributed by atoms with Crippen molar-refractivity contribution in [2.24, 2.45) is 11.0 Å². The Labute approximate surface area is 137 Å². The second kappa shape index (κ2) is 6.98. The van der Waals surface area contributed by atoms with Gasteiger partial charge in [0.15, 0.2) is 0 Å². The summed E-state index contributed by atoms with van der Waals surface area (Å²) in [6.07, 6.45) is 2.87. The van der Waals surface area contributed by atoms with Gasteiger partial charge in [0, 0.05) is 27.1 Å². The predicted molar refractivity (Wildman–Crippen MR) is 83.6 cm³/mol. The van der Waals surface area contributed by atoms with E-state index in [0.29, 0.717) is 15.6 Å². The molecule has 22 heavy (non-hydrogen) atoms. The Morgan fingerprint density at radius 3 is 2.86 bits per heavy atom. The minimum Gasteiger partial charge on any atom is -0.383 e. The second-order valence-electron chi connectivity index (χ2n) is 4.96. The third-order valence-corrected chi connectivity index (χ3v) is 4.05. The summed E-state index contributed by atoms with van der Waals surface area (Å²) in [4.78, 5) is 6.60. The van der Waals surface area contributed by atoms with Crippen molar-refractivity contribution >= 4 is 23.2 Å². The molecule has 116 valence electrons. The molecule has 0 saturated heterocycles. The van der Waals surface area contributed by atoms with E-state index in [1.807, 2.05) is 0 Å². The third kappa shape index (κ3) is 3.51. The number of rotatable bonds is 6. The number of hydrogen-bond donors (Lipinski definition) is 1. The Bertz CT molecular complexity index is 686. The zero-order valence-electron chi connectivity index (χ0n) is 11.8. The number of azide groups is 1. The molecule has 0 fully saturated rings. The molecule has 0 spiro atoms. The van der Waals surface area contributed by atoms with Crippen LogP contribution in [0.5, 0.6) is 0 Å². The van der Waals surface area contributed by atoms with Crippen molar-refractivity contribution in [1.82, 2.24) is 14.8 Å². The number of benzene rings is 1. The van der Waals surface area contributed by atoms with Crippen LogP contribution in [0.4, 0.5) is 0 Å². The fourth-order valence-electron chi connectivity index (χ4n) is 2.22. The number of nitrogens with zero attached hydrogens (tertiary/aromatic N) is 6. The average molecular weight is 341 g/mol. The van der Waals surface area contributed by atoms with Gasteiger partial charge in [-0.3, -0.25) is 0 Å². The van der Waals surface area contributed by atoms with Crippen LogP contribution in [-0.2, 0) is 12.1 Å². The summed E-state index contributed by atoms with van der Waals surface area (Å²) in [5.74, 6) is -0.397. The van der Waals surface area contributed by atoms with E-state index in [1.165, 1.54) is 17.3 Å². The molecule has 0 radical (unpaired) electrons. The summed E-state index contributed by atoms with van der Waals surface area (Å²) in [6, 6.07) is 4.87. The Balaban J connectivity index is 2.45. The highest BCUT2D eigenvalue weighted by Crippen LogP contribution is 2.37.